The molecule has 0 amide bonds. The second kappa shape index (κ2) is 6.51. The lowest BCUT2D eigenvalue weighted by atomic mass is 10.1. The number of hydrogen-bond donors (Lipinski definition) is 1. The molecule has 0 aliphatic rings. The van der Waals surface area contributed by atoms with E-state index >= 15 is 0 Å². The van der Waals surface area contributed by atoms with Gasteiger partial charge in [0.2, 0.25) is 5.82 Å². The van der Waals surface area contributed by atoms with Crippen molar-refractivity contribution >= 4 is 11.5 Å². The van der Waals surface area contributed by atoms with Gasteiger partial charge in [-0.25, -0.2) is 4.68 Å². The average Bonchev–Trinajstić information content (AvgIpc) is 2.62. The van der Waals surface area contributed by atoms with Crippen molar-refractivity contribution in [1.29, 1.82) is 0 Å². The van der Waals surface area contributed by atoms with E-state index < -0.39 is 0 Å². The fourth-order valence-corrected chi connectivity index (χ4v) is 1.76. The highest BCUT2D eigenvalue weighted by Crippen LogP contribution is 2.32. The van der Waals surface area contributed by atoms with E-state index in [0.29, 0.717) is 24.7 Å². The van der Waals surface area contributed by atoms with Crippen LogP contribution in [0.3, 0.4) is 0 Å². The van der Waals surface area contributed by atoms with E-state index in [9.17, 15) is 10.1 Å². The number of rotatable bonds is 7. The topological polar surface area (TPSA) is 82.2 Å². The Hall–Kier alpha value is -1.63. The van der Waals surface area contributed by atoms with E-state index in [1.165, 1.54) is 4.68 Å². The molecular weight excluding hydrogens is 248 g/mol. The van der Waals surface area contributed by atoms with Crippen LogP contribution < -0.4 is 5.32 Å². The minimum absolute atomic E-state index is 0.00839. The van der Waals surface area contributed by atoms with Crippen molar-refractivity contribution in [2.45, 2.75) is 39.7 Å². The summed E-state index contributed by atoms with van der Waals surface area (Å²) in [6.45, 7) is 8.68. The van der Waals surface area contributed by atoms with Crippen LogP contribution in [0.5, 0.6) is 0 Å². The van der Waals surface area contributed by atoms with E-state index in [1.54, 1.807) is 7.05 Å². The Bertz CT molecular complexity index is 440. The summed E-state index contributed by atoms with van der Waals surface area (Å²) in [5, 5.41) is 18.4. The molecule has 1 aromatic heterocycles. The quantitative estimate of drug-likeness (QED) is 0.467. The van der Waals surface area contributed by atoms with Gasteiger partial charge < -0.3 is 10.1 Å². The highest BCUT2D eigenvalue weighted by molar-refractivity contribution is 5.60. The second-order valence-corrected chi connectivity index (χ2v) is 4.96. The van der Waals surface area contributed by atoms with Crippen molar-refractivity contribution in [3.63, 3.8) is 0 Å². The van der Waals surface area contributed by atoms with Crippen LogP contribution >= 0.6 is 0 Å². The van der Waals surface area contributed by atoms with Gasteiger partial charge in [0.05, 0.1) is 17.6 Å². The van der Waals surface area contributed by atoms with Gasteiger partial charge in [0, 0.05) is 19.5 Å². The summed E-state index contributed by atoms with van der Waals surface area (Å²) >= 11 is 0. The molecule has 108 valence electrons. The van der Waals surface area contributed by atoms with Crippen LogP contribution in [0.4, 0.5) is 11.5 Å². The lowest BCUT2D eigenvalue weighted by Gasteiger charge is -2.09. The molecule has 0 bridgehead atoms. The molecule has 19 heavy (non-hydrogen) atoms. The average molecular weight is 270 g/mol. The predicted octanol–water partition coefficient (Wildman–Crippen LogP) is 2.29. The molecule has 0 unspecified atom stereocenters. The number of nitro groups is 1. The van der Waals surface area contributed by atoms with Crippen LogP contribution in [-0.2, 0) is 11.8 Å². The van der Waals surface area contributed by atoms with Crippen LogP contribution in [0.2, 0.25) is 0 Å². The number of hydrogen-bond acceptors (Lipinski definition) is 5. The first kappa shape index (κ1) is 15.4. The van der Waals surface area contributed by atoms with Crippen molar-refractivity contribution in [1.82, 2.24) is 9.78 Å². The van der Waals surface area contributed by atoms with Gasteiger partial charge in [0.1, 0.15) is 5.69 Å². The maximum atomic E-state index is 11.2. The normalized spacial score (nSPS) is 11.3. The second-order valence-electron chi connectivity index (χ2n) is 4.96. The summed E-state index contributed by atoms with van der Waals surface area (Å²) in [4.78, 5) is 10.8. The Morgan fingerprint density at radius 3 is 2.53 bits per heavy atom. The minimum atomic E-state index is -0.381. The largest absolute Gasteiger partial charge is 0.377 e. The highest BCUT2D eigenvalue weighted by atomic mass is 16.6. The first-order valence-corrected chi connectivity index (χ1v) is 6.41. The Labute approximate surface area is 113 Å². The third-order valence-electron chi connectivity index (χ3n) is 2.62. The first-order chi connectivity index (χ1) is 8.84. The van der Waals surface area contributed by atoms with Gasteiger partial charge >= 0.3 is 5.69 Å². The molecular formula is C12H22N4O3. The lowest BCUT2D eigenvalue weighted by Crippen LogP contribution is -2.15. The SMILES string of the molecule is CC(C)OCCNc1c([N+](=O)[O-])c(C(C)C)nn1C. The molecule has 0 saturated heterocycles. The van der Waals surface area contributed by atoms with Crippen LogP contribution in [0.1, 0.15) is 39.3 Å². The van der Waals surface area contributed by atoms with Crippen molar-refractivity contribution in [2.24, 2.45) is 7.05 Å². The minimum Gasteiger partial charge on any atom is -0.377 e. The summed E-state index contributed by atoms with van der Waals surface area (Å²) in [7, 11) is 1.70. The zero-order valence-electron chi connectivity index (χ0n) is 12.1. The van der Waals surface area contributed by atoms with Crippen molar-refractivity contribution in [3.05, 3.63) is 15.8 Å². The third-order valence-corrected chi connectivity index (χ3v) is 2.62. The van der Waals surface area contributed by atoms with Gasteiger partial charge in [-0.05, 0) is 13.8 Å². The summed E-state index contributed by atoms with van der Waals surface area (Å²) in [5.41, 5.74) is 0.557. The molecule has 1 rings (SSSR count). The molecule has 1 heterocycles. The molecule has 0 aliphatic heterocycles. The lowest BCUT2D eigenvalue weighted by molar-refractivity contribution is -0.384. The molecule has 0 radical (unpaired) electrons. The first-order valence-electron chi connectivity index (χ1n) is 6.41. The Morgan fingerprint density at radius 2 is 2.05 bits per heavy atom. The van der Waals surface area contributed by atoms with E-state index in [4.69, 9.17) is 4.74 Å². The number of anilines is 1. The molecule has 0 saturated carbocycles. The molecule has 0 aliphatic carbocycles. The van der Waals surface area contributed by atoms with Gasteiger partial charge in [0.15, 0.2) is 0 Å². The summed E-state index contributed by atoms with van der Waals surface area (Å²) in [5.74, 6) is 0.440. The Kier molecular flexibility index (Phi) is 5.29. The van der Waals surface area contributed by atoms with Gasteiger partial charge in [-0.15, -0.1) is 0 Å². The van der Waals surface area contributed by atoms with Crippen molar-refractivity contribution < 1.29 is 9.66 Å². The summed E-state index contributed by atoms with van der Waals surface area (Å²) in [6, 6.07) is 0. The fraction of sp³-hybridized carbons (Fsp3) is 0.750. The molecule has 7 heteroatoms. The Morgan fingerprint density at radius 1 is 1.42 bits per heavy atom. The number of aryl methyl sites for hydroxylation is 1. The third kappa shape index (κ3) is 3.92. The Balaban J connectivity index is 2.84. The summed E-state index contributed by atoms with van der Waals surface area (Å²) in [6.07, 6.45) is 0.148. The van der Waals surface area contributed by atoms with Crippen LogP contribution in [0.25, 0.3) is 0 Å². The highest BCUT2D eigenvalue weighted by Gasteiger charge is 2.28. The molecule has 0 atom stereocenters. The molecule has 1 N–H and O–H groups in total. The maximum absolute atomic E-state index is 11.2. The standard InChI is InChI=1S/C12H22N4O3/c1-8(2)10-11(16(17)18)12(15(5)14-10)13-6-7-19-9(3)4/h8-9,13H,6-7H2,1-5H3. The van der Waals surface area contributed by atoms with E-state index in [2.05, 4.69) is 10.4 Å². The number of ether oxygens (including phenoxy) is 1. The van der Waals surface area contributed by atoms with Crippen LogP contribution in [-0.4, -0.2) is 34.0 Å². The van der Waals surface area contributed by atoms with Crippen LogP contribution in [0.15, 0.2) is 0 Å². The molecule has 0 fully saturated rings. The van der Waals surface area contributed by atoms with E-state index in [0.717, 1.165) is 0 Å². The molecule has 0 spiro atoms. The number of nitrogens with zero attached hydrogens (tertiary/aromatic N) is 3. The molecule has 7 nitrogen and oxygen atoms in total. The van der Waals surface area contributed by atoms with Crippen molar-refractivity contribution in [3.8, 4) is 0 Å². The van der Waals surface area contributed by atoms with E-state index in [1.807, 2.05) is 27.7 Å². The monoisotopic (exact) mass is 270 g/mol. The van der Waals surface area contributed by atoms with Gasteiger partial charge in [-0.1, -0.05) is 13.8 Å². The number of nitrogens with one attached hydrogen (secondary N) is 1. The molecule has 0 aromatic carbocycles. The number of aromatic nitrogens is 2. The van der Waals surface area contributed by atoms with Gasteiger partial charge in [-0.3, -0.25) is 10.1 Å². The maximum Gasteiger partial charge on any atom is 0.334 e. The van der Waals surface area contributed by atoms with Gasteiger partial charge in [-0.2, -0.15) is 5.10 Å². The zero-order chi connectivity index (χ0) is 14.6. The fourth-order valence-electron chi connectivity index (χ4n) is 1.76. The summed E-state index contributed by atoms with van der Waals surface area (Å²) < 4.78 is 6.91. The smallest absolute Gasteiger partial charge is 0.334 e. The zero-order valence-corrected chi connectivity index (χ0v) is 12.1. The predicted molar refractivity (Wildman–Crippen MR) is 73.5 cm³/mol. The van der Waals surface area contributed by atoms with Crippen LogP contribution in [0, 0.1) is 10.1 Å². The van der Waals surface area contributed by atoms with Gasteiger partial charge in [0.25, 0.3) is 0 Å². The van der Waals surface area contributed by atoms with Crippen molar-refractivity contribution in [2.75, 3.05) is 18.5 Å². The van der Waals surface area contributed by atoms with E-state index in [-0.39, 0.29) is 22.6 Å². The molecule has 1 aromatic rings.